The van der Waals surface area contributed by atoms with Crippen LogP contribution in [0.15, 0.2) is 67.7 Å². The van der Waals surface area contributed by atoms with Crippen LogP contribution in [0.25, 0.3) is 0 Å². The van der Waals surface area contributed by atoms with Crippen LogP contribution in [-0.4, -0.2) is 29.1 Å². The summed E-state index contributed by atoms with van der Waals surface area (Å²) in [5.41, 5.74) is 1.91. The number of amides is 1. The first-order valence-electron chi connectivity index (χ1n) is 8.93. The summed E-state index contributed by atoms with van der Waals surface area (Å²) in [5, 5.41) is 7.49. The number of nitrogens with one attached hydrogen (secondary N) is 1. The number of methoxy groups -OCH3 is 1. The van der Waals surface area contributed by atoms with Crippen molar-refractivity contribution >= 4 is 40.1 Å². The number of hydrogen-bond donors (Lipinski definition) is 1. The van der Waals surface area contributed by atoms with E-state index >= 15 is 0 Å². The average molecular weight is 430 g/mol. The third kappa shape index (κ3) is 3.88. The Labute approximate surface area is 176 Å². The van der Waals surface area contributed by atoms with Gasteiger partial charge in [0.05, 0.1) is 37.6 Å². The number of aliphatic imine (C=N–C) groups is 1. The molecule has 2 aliphatic rings. The van der Waals surface area contributed by atoms with Crippen LogP contribution in [0.3, 0.4) is 0 Å². The van der Waals surface area contributed by atoms with Gasteiger partial charge >= 0.3 is 5.97 Å². The van der Waals surface area contributed by atoms with Crippen LogP contribution in [0.1, 0.15) is 30.0 Å². The molecule has 0 radical (unpaired) electrons. The van der Waals surface area contributed by atoms with Gasteiger partial charge in [-0.25, -0.2) is 9.79 Å². The van der Waals surface area contributed by atoms with E-state index in [2.05, 4.69) is 10.3 Å². The van der Waals surface area contributed by atoms with Gasteiger partial charge in [-0.3, -0.25) is 4.79 Å². The minimum atomic E-state index is -0.415. The van der Waals surface area contributed by atoms with E-state index < -0.39 is 5.97 Å². The number of furan rings is 1. The van der Waals surface area contributed by atoms with Gasteiger partial charge in [0.15, 0.2) is 5.17 Å². The van der Waals surface area contributed by atoms with Gasteiger partial charge < -0.3 is 19.4 Å². The van der Waals surface area contributed by atoms with Crippen LogP contribution < -0.4 is 5.32 Å². The largest absolute Gasteiger partial charge is 0.467 e. The molecule has 7 nitrogen and oxygen atoms in total. The fourth-order valence-corrected chi connectivity index (χ4v) is 5.07. The number of fused-ring (bicyclic) bond motifs is 1. The van der Waals surface area contributed by atoms with E-state index in [4.69, 9.17) is 9.15 Å². The Hall–Kier alpha value is -2.78. The number of thioether (sulfide) groups is 1. The van der Waals surface area contributed by atoms with E-state index in [9.17, 15) is 9.59 Å². The lowest BCUT2D eigenvalue weighted by molar-refractivity contribution is -0.136. The molecular formula is C20H19N3O4S2. The molecule has 4 heterocycles. The summed E-state index contributed by atoms with van der Waals surface area (Å²) < 4.78 is 10.3. The molecule has 29 heavy (non-hydrogen) atoms. The summed E-state index contributed by atoms with van der Waals surface area (Å²) in [4.78, 5) is 32.6. The number of carbonyl (C=O) groups is 2. The highest BCUT2D eigenvalue weighted by Crippen LogP contribution is 2.45. The number of allylic oxidation sites excluding steroid dienone is 1. The lowest BCUT2D eigenvalue weighted by Gasteiger charge is -2.35. The van der Waals surface area contributed by atoms with E-state index in [0.717, 1.165) is 15.7 Å². The van der Waals surface area contributed by atoms with Gasteiger partial charge in [-0.1, -0.05) is 17.8 Å². The zero-order valence-corrected chi connectivity index (χ0v) is 17.5. The maximum absolute atomic E-state index is 12.5. The summed E-state index contributed by atoms with van der Waals surface area (Å²) in [6, 6.07) is 7.14. The predicted octanol–water partition coefficient (Wildman–Crippen LogP) is 3.80. The maximum Gasteiger partial charge on any atom is 0.338 e. The van der Waals surface area contributed by atoms with Crippen LogP contribution in [0.5, 0.6) is 0 Å². The molecule has 0 aromatic carbocycles. The molecule has 0 bridgehead atoms. The van der Waals surface area contributed by atoms with E-state index in [-0.39, 0.29) is 18.4 Å². The summed E-state index contributed by atoms with van der Waals surface area (Å²) >= 11 is 3.01. The summed E-state index contributed by atoms with van der Waals surface area (Å²) in [5.74, 6) is 0.142. The van der Waals surface area contributed by atoms with Gasteiger partial charge in [0.2, 0.25) is 5.91 Å². The predicted molar refractivity (Wildman–Crippen MR) is 112 cm³/mol. The van der Waals surface area contributed by atoms with Gasteiger partial charge in [0, 0.05) is 10.6 Å². The van der Waals surface area contributed by atoms with Crippen molar-refractivity contribution in [2.75, 3.05) is 7.11 Å². The Morgan fingerprint density at radius 1 is 1.34 bits per heavy atom. The van der Waals surface area contributed by atoms with Gasteiger partial charge in [-0.15, -0.1) is 11.3 Å². The second kappa shape index (κ2) is 8.30. The van der Waals surface area contributed by atoms with Crippen molar-refractivity contribution in [3.63, 3.8) is 0 Å². The molecule has 0 saturated heterocycles. The number of ether oxygens (including phenoxy) is 1. The quantitative estimate of drug-likeness (QED) is 0.704. The Kier molecular flexibility index (Phi) is 5.59. The topological polar surface area (TPSA) is 84.1 Å². The molecular weight excluding hydrogens is 410 g/mol. The first-order chi connectivity index (χ1) is 14.1. The molecule has 4 rings (SSSR count). The molecule has 1 N–H and O–H groups in total. The first kappa shape index (κ1) is 19.5. The van der Waals surface area contributed by atoms with Crippen molar-refractivity contribution in [2.45, 2.75) is 25.9 Å². The number of rotatable bonds is 6. The molecule has 2 aromatic rings. The summed E-state index contributed by atoms with van der Waals surface area (Å²) in [6.07, 6.45) is 1.74. The minimum absolute atomic E-state index is 0.134. The summed E-state index contributed by atoms with van der Waals surface area (Å²) in [6.45, 7) is 2.14. The number of hydrogen-bond acceptors (Lipinski definition) is 8. The van der Waals surface area contributed by atoms with Crippen molar-refractivity contribution in [3.05, 3.63) is 68.9 Å². The van der Waals surface area contributed by atoms with Gasteiger partial charge in [-0.2, -0.15) is 0 Å². The molecule has 2 aliphatic heterocycles. The molecule has 0 spiro atoms. The SMILES string of the molecule is COC(=O)C1=C(C)N=C2SC=C(CC(=O)NCc3ccco3)N2[C@H]1c1cccs1. The van der Waals surface area contributed by atoms with Crippen LogP contribution in [0, 0.1) is 0 Å². The van der Waals surface area contributed by atoms with E-state index in [1.807, 2.05) is 40.8 Å². The van der Waals surface area contributed by atoms with Gasteiger partial charge in [0.25, 0.3) is 0 Å². The van der Waals surface area contributed by atoms with Crippen molar-refractivity contribution in [3.8, 4) is 0 Å². The van der Waals surface area contributed by atoms with E-state index in [1.165, 1.54) is 18.9 Å². The maximum atomic E-state index is 12.5. The summed E-state index contributed by atoms with van der Waals surface area (Å²) in [7, 11) is 1.37. The Morgan fingerprint density at radius 3 is 2.90 bits per heavy atom. The third-order valence-electron chi connectivity index (χ3n) is 4.60. The van der Waals surface area contributed by atoms with E-state index in [0.29, 0.717) is 23.6 Å². The molecule has 2 aromatic heterocycles. The fourth-order valence-electron chi connectivity index (χ4n) is 3.28. The molecule has 0 fully saturated rings. The monoisotopic (exact) mass is 429 g/mol. The second-order valence-electron chi connectivity index (χ2n) is 6.43. The Bertz CT molecular complexity index is 1010. The second-order valence-corrected chi connectivity index (χ2v) is 8.25. The first-order valence-corrected chi connectivity index (χ1v) is 10.7. The normalized spacial score (nSPS) is 18.3. The molecule has 1 amide bonds. The number of nitrogens with zero attached hydrogens (tertiary/aromatic N) is 2. The van der Waals surface area contributed by atoms with Gasteiger partial charge in [0.1, 0.15) is 11.8 Å². The standard InChI is InChI=1S/C20H19N3O4S2/c1-12-17(19(25)26-2)18(15-6-4-8-28-15)23-13(11-29-20(23)22-12)9-16(24)21-10-14-5-3-7-27-14/h3-8,11,18H,9-10H2,1-2H3,(H,21,24)/t18-/m0/s1. The number of esters is 1. The van der Waals surface area contributed by atoms with Crippen LogP contribution in [0.4, 0.5) is 0 Å². The van der Waals surface area contributed by atoms with E-state index in [1.54, 1.807) is 23.7 Å². The number of amidine groups is 1. The lowest BCUT2D eigenvalue weighted by atomic mass is 9.99. The third-order valence-corrected chi connectivity index (χ3v) is 6.41. The molecule has 9 heteroatoms. The van der Waals surface area contributed by atoms with Crippen LogP contribution >= 0.6 is 23.1 Å². The van der Waals surface area contributed by atoms with Crippen molar-refractivity contribution in [2.24, 2.45) is 4.99 Å². The van der Waals surface area contributed by atoms with Gasteiger partial charge in [-0.05, 0) is 35.9 Å². The van der Waals surface area contributed by atoms with Crippen molar-refractivity contribution < 1.29 is 18.7 Å². The minimum Gasteiger partial charge on any atom is -0.467 e. The number of thiophene rings is 1. The highest BCUT2D eigenvalue weighted by atomic mass is 32.2. The average Bonchev–Trinajstić information content (AvgIpc) is 3.47. The lowest BCUT2D eigenvalue weighted by Crippen LogP contribution is -2.37. The highest BCUT2D eigenvalue weighted by molar-refractivity contribution is 8.16. The van der Waals surface area contributed by atoms with Crippen molar-refractivity contribution in [1.29, 1.82) is 0 Å². The Morgan fingerprint density at radius 2 is 2.21 bits per heavy atom. The zero-order valence-electron chi connectivity index (χ0n) is 15.9. The Balaban J connectivity index is 1.58. The molecule has 1 atom stereocenters. The highest BCUT2D eigenvalue weighted by Gasteiger charge is 2.41. The molecule has 0 saturated carbocycles. The molecule has 0 unspecified atom stereocenters. The van der Waals surface area contributed by atoms with Crippen LogP contribution in [0.2, 0.25) is 0 Å². The zero-order chi connectivity index (χ0) is 20.4. The smallest absolute Gasteiger partial charge is 0.338 e. The molecule has 0 aliphatic carbocycles. The molecule has 150 valence electrons. The number of carbonyl (C=O) groups excluding carboxylic acids is 2. The van der Waals surface area contributed by atoms with Crippen molar-refractivity contribution in [1.82, 2.24) is 10.2 Å². The van der Waals surface area contributed by atoms with Crippen LogP contribution in [-0.2, 0) is 20.9 Å². The fraction of sp³-hybridized carbons (Fsp3) is 0.250.